The van der Waals surface area contributed by atoms with Crippen LogP contribution in [0.1, 0.15) is 6.42 Å². The van der Waals surface area contributed by atoms with Crippen molar-refractivity contribution in [3.8, 4) is 0 Å². The van der Waals surface area contributed by atoms with Crippen LogP contribution < -0.4 is 5.14 Å². The maximum Gasteiger partial charge on any atom is 0.302 e. The summed E-state index contributed by atoms with van der Waals surface area (Å²) in [6.07, 6.45) is -0.308. The first kappa shape index (κ1) is 10.8. The van der Waals surface area contributed by atoms with E-state index in [1.165, 1.54) is 0 Å². The lowest BCUT2D eigenvalue weighted by Gasteiger charge is -1.93. The van der Waals surface area contributed by atoms with Crippen LogP contribution in [-0.4, -0.2) is 28.3 Å². The molecule has 0 spiro atoms. The van der Waals surface area contributed by atoms with E-state index in [4.69, 9.17) is 0 Å². The van der Waals surface area contributed by atoms with Crippen LogP contribution in [0.25, 0.3) is 0 Å². The molecule has 11 heavy (non-hydrogen) atoms. The summed E-state index contributed by atoms with van der Waals surface area (Å²) in [6, 6.07) is 0. The Hall–Kier alpha value is -0.210. The van der Waals surface area contributed by atoms with E-state index in [1.807, 2.05) is 0 Å². The van der Waals surface area contributed by atoms with Crippen molar-refractivity contribution in [2.45, 2.75) is 6.42 Å². The van der Waals surface area contributed by atoms with Gasteiger partial charge in [0.25, 0.3) is 0 Å². The normalized spacial score (nSPS) is 13.3. The zero-order valence-corrected chi connectivity index (χ0v) is 7.16. The van der Waals surface area contributed by atoms with Gasteiger partial charge in [0.2, 0.25) is 10.0 Å². The van der Waals surface area contributed by atoms with E-state index in [-0.39, 0.29) is 6.42 Å². The molecule has 8 heteroatoms. The van der Waals surface area contributed by atoms with Gasteiger partial charge in [-0.3, -0.25) is 0 Å². The molecule has 0 saturated heterocycles. The summed E-state index contributed by atoms with van der Waals surface area (Å²) in [5, 5.41) is 4.52. The monoisotopic (exact) mass is 205 g/mol. The topological polar surface area (TPSA) is 94.3 Å². The van der Waals surface area contributed by atoms with Crippen LogP contribution in [0.3, 0.4) is 0 Å². The lowest BCUT2D eigenvalue weighted by atomic mass is 10.6. The highest BCUT2D eigenvalue weighted by Crippen LogP contribution is 1.95. The molecule has 0 aromatic heterocycles. The molecule has 0 radical (unpaired) electrons. The summed E-state index contributed by atoms with van der Waals surface area (Å²) in [5.74, 6) is -1.32. The van der Waals surface area contributed by atoms with Crippen LogP contribution >= 0.6 is 0 Å². The van der Waals surface area contributed by atoms with E-state index in [9.17, 15) is 20.7 Å². The van der Waals surface area contributed by atoms with E-state index in [0.29, 0.717) is 0 Å². The molecule has 0 aromatic rings. The van der Waals surface area contributed by atoms with Gasteiger partial charge in [-0.25, -0.2) is 13.6 Å². The lowest BCUT2D eigenvalue weighted by Crippen LogP contribution is -2.18. The Bertz CT molecular complexity index is 272. The first-order valence-corrected chi connectivity index (χ1v) is 5.90. The average molecular weight is 205 g/mol. The molecule has 0 aliphatic carbocycles. The van der Waals surface area contributed by atoms with Gasteiger partial charge in [0.15, 0.2) is 0 Å². The molecule has 0 fully saturated rings. The van der Waals surface area contributed by atoms with Crippen LogP contribution in [0.4, 0.5) is 3.89 Å². The molecular weight excluding hydrogens is 197 g/mol. The summed E-state index contributed by atoms with van der Waals surface area (Å²) >= 11 is 0. The second-order valence-electron chi connectivity index (χ2n) is 1.96. The molecule has 0 bridgehead atoms. The molecule has 0 aromatic carbocycles. The van der Waals surface area contributed by atoms with Crippen molar-refractivity contribution in [2.24, 2.45) is 5.14 Å². The van der Waals surface area contributed by atoms with E-state index < -0.39 is 31.8 Å². The molecule has 0 rings (SSSR count). The number of rotatable bonds is 4. The molecule has 0 amide bonds. The summed E-state index contributed by atoms with van der Waals surface area (Å²) < 4.78 is 51.7. The highest BCUT2D eigenvalue weighted by molar-refractivity contribution is 7.89. The fourth-order valence-corrected chi connectivity index (χ4v) is 1.65. The lowest BCUT2D eigenvalue weighted by molar-refractivity contribution is 0.550. The Morgan fingerprint density at radius 1 is 1.09 bits per heavy atom. The number of sulfonamides is 1. The quantitative estimate of drug-likeness (QED) is 0.593. The Morgan fingerprint density at radius 2 is 1.55 bits per heavy atom. The third kappa shape index (κ3) is 9.79. The standard InChI is InChI=1S/C3H8FNO4S2/c4-10(6,7)2-1-3-11(5,8)9/h1-3H2,(H2,5,8,9). The largest absolute Gasteiger partial charge is 0.302 e. The molecule has 5 nitrogen and oxygen atoms in total. The summed E-state index contributed by atoms with van der Waals surface area (Å²) in [5.41, 5.74) is 0. The molecule has 2 N–H and O–H groups in total. The molecule has 0 atom stereocenters. The highest BCUT2D eigenvalue weighted by Gasteiger charge is 2.09. The third-order valence-electron chi connectivity index (χ3n) is 0.817. The second-order valence-corrected chi connectivity index (χ2v) is 5.18. The number of halogens is 1. The van der Waals surface area contributed by atoms with Crippen LogP contribution in [0.15, 0.2) is 0 Å². The van der Waals surface area contributed by atoms with E-state index in [0.717, 1.165) is 0 Å². The third-order valence-corrected chi connectivity index (χ3v) is 2.45. The zero-order chi connectivity index (χ0) is 9.12. The average Bonchev–Trinajstić information content (AvgIpc) is 1.55. The Labute approximate surface area is 64.7 Å². The van der Waals surface area contributed by atoms with Crippen molar-refractivity contribution in [3.63, 3.8) is 0 Å². The smallest absolute Gasteiger partial charge is 0.229 e. The minimum absolute atomic E-state index is 0.308. The SMILES string of the molecule is NS(=O)(=O)CCCS(=O)(=O)F. The Morgan fingerprint density at radius 3 is 1.82 bits per heavy atom. The van der Waals surface area contributed by atoms with E-state index in [1.54, 1.807) is 0 Å². The highest BCUT2D eigenvalue weighted by atomic mass is 32.3. The minimum Gasteiger partial charge on any atom is -0.229 e. The first-order chi connectivity index (χ1) is 4.71. The first-order valence-electron chi connectivity index (χ1n) is 2.63. The molecular formula is C3H8FNO4S2. The minimum atomic E-state index is -4.57. The fourth-order valence-electron chi connectivity index (χ4n) is 0.433. The van der Waals surface area contributed by atoms with Crippen molar-refractivity contribution in [2.75, 3.05) is 11.5 Å². The van der Waals surface area contributed by atoms with Gasteiger partial charge in [-0.05, 0) is 6.42 Å². The van der Waals surface area contributed by atoms with Crippen LogP contribution in [0.5, 0.6) is 0 Å². The summed E-state index contributed by atoms with van der Waals surface area (Å²) in [6.45, 7) is 0. The maximum absolute atomic E-state index is 11.7. The van der Waals surface area contributed by atoms with Gasteiger partial charge in [0.1, 0.15) is 0 Å². The van der Waals surface area contributed by atoms with Crippen molar-refractivity contribution in [3.05, 3.63) is 0 Å². The van der Waals surface area contributed by atoms with Crippen molar-refractivity contribution < 1.29 is 20.7 Å². The summed E-state index contributed by atoms with van der Waals surface area (Å²) in [7, 11) is -8.24. The van der Waals surface area contributed by atoms with Crippen molar-refractivity contribution >= 4 is 20.2 Å². The number of hydrogen-bond donors (Lipinski definition) is 1. The van der Waals surface area contributed by atoms with Gasteiger partial charge in [-0.2, -0.15) is 8.42 Å². The van der Waals surface area contributed by atoms with Gasteiger partial charge in [-0.1, -0.05) is 0 Å². The number of nitrogens with two attached hydrogens (primary N) is 1. The van der Waals surface area contributed by atoms with Crippen molar-refractivity contribution in [1.82, 2.24) is 0 Å². The van der Waals surface area contributed by atoms with Crippen LogP contribution in [0.2, 0.25) is 0 Å². The van der Waals surface area contributed by atoms with E-state index >= 15 is 0 Å². The van der Waals surface area contributed by atoms with Crippen LogP contribution in [-0.2, 0) is 20.2 Å². The van der Waals surface area contributed by atoms with Crippen LogP contribution in [0, 0.1) is 0 Å². The van der Waals surface area contributed by atoms with Gasteiger partial charge in [-0.15, -0.1) is 3.89 Å². The molecule has 0 unspecified atom stereocenters. The number of primary sulfonamides is 1. The number of hydrogen-bond acceptors (Lipinski definition) is 4. The molecule has 68 valence electrons. The second kappa shape index (κ2) is 3.46. The van der Waals surface area contributed by atoms with E-state index in [2.05, 4.69) is 5.14 Å². The van der Waals surface area contributed by atoms with Gasteiger partial charge in [0.05, 0.1) is 11.5 Å². The predicted octanol–water partition coefficient (Wildman–Crippen LogP) is -1.04. The fraction of sp³-hybridized carbons (Fsp3) is 1.00. The summed E-state index contributed by atoms with van der Waals surface area (Å²) in [4.78, 5) is 0. The van der Waals surface area contributed by atoms with Gasteiger partial charge < -0.3 is 0 Å². The molecule has 0 heterocycles. The predicted molar refractivity (Wildman–Crippen MR) is 37.5 cm³/mol. The van der Waals surface area contributed by atoms with Gasteiger partial charge >= 0.3 is 10.2 Å². The Kier molecular flexibility index (Phi) is 3.39. The zero-order valence-electron chi connectivity index (χ0n) is 5.53. The molecule has 0 aliphatic heterocycles. The Balaban J connectivity index is 3.79. The van der Waals surface area contributed by atoms with Gasteiger partial charge in [0, 0.05) is 0 Å². The maximum atomic E-state index is 11.7. The molecule has 0 aliphatic rings. The molecule has 0 saturated carbocycles. The van der Waals surface area contributed by atoms with Crippen molar-refractivity contribution in [1.29, 1.82) is 0 Å².